The van der Waals surface area contributed by atoms with E-state index in [1.165, 1.54) is 6.92 Å². The topological polar surface area (TPSA) is 63.6 Å². The van der Waals surface area contributed by atoms with Crippen LogP contribution in [0.1, 0.15) is 78.6 Å². The third-order valence-electron chi connectivity index (χ3n) is 9.55. The van der Waals surface area contributed by atoms with Gasteiger partial charge in [-0.15, -0.1) is 0 Å². The molecule has 0 aromatic heterocycles. The summed E-state index contributed by atoms with van der Waals surface area (Å²) in [6.45, 7) is 5.49. The Bertz CT molecular complexity index is 665. The number of ketones is 1. The molecule has 0 aromatic carbocycles. The van der Waals surface area contributed by atoms with Crippen molar-refractivity contribution in [1.29, 1.82) is 0 Å². The second kappa shape index (κ2) is 6.78. The molecule has 1 N–H and O–H groups in total. The zero-order valence-corrected chi connectivity index (χ0v) is 17.5. The summed E-state index contributed by atoms with van der Waals surface area (Å²) in [6, 6.07) is 0. The minimum atomic E-state index is -1.19. The van der Waals surface area contributed by atoms with Crippen LogP contribution in [-0.2, 0) is 14.3 Å². The van der Waals surface area contributed by atoms with Gasteiger partial charge in [0.15, 0.2) is 5.78 Å². The summed E-state index contributed by atoms with van der Waals surface area (Å²) in [5, 5.41) is 10.1. The van der Waals surface area contributed by atoms with Gasteiger partial charge in [-0.3, -0.25) is 9.59 Å². The maximum Gasteiger partial charge on any atom is 0.303 e. The molecule has 4 nitrogen and oxygen atoms in total. The highest BCUT2D eigenvalue weighted by molar-refractivity contribution is 5.85. The van der Waals surface area contributed by atoms with Crippen molar-refractivity contribution in [1.82, 2.24) is 0 Å². The number of esters is 1. The molecule has 0 saturated heterocycles. The lowest BCUT2D eigenvalue weighted by atomic mass is 9.43. The molecule has 4 fully saturated rings. The highest BCUT2D eigenvalue weighted by atomic mass is 19.1. The lowest BCUT2D eigenvalue weighted by Gasteiger charge is -2.63. The molecule has 4 aliphatic rings. The Hall–Kier alpha value is -0.970. The molecule has 0 aromatic rings. The predicted molar refractivity (Wildman–Crippen MR) is 103 cm³/mol. The molecule has 0 bridgehead atoms. The van der Waals surface area contributed by atoms with Crippen LogP contribution in [0, 0.1) is 34.5 Å². The molecule has 0 heterocycles. The average Bonchev–Trinajstić information content (AvgIpc) is 2.98. The van der Waals surface area contributed by atoms with Crippen LogP contribution in [-0.4, -0.2) is 35.2 Å². The maximum atomic E-state index is 16.8. The Morgan fingerprint density at radius 2 is 1.75 bits per heavy atom. The van der Waals surface area contributed by atoms with E-state index in [0.29, 0.717) is 12.8 Å². The van der Waals surface area contributed by atoms with E-state index in [0.717, 1.165) is 44.9 Å². The minimum Gasteiger partial charge on any atom is -0.458 e. The van der Waals surface area contributed by atoms with Crippen molar-refractivity contribution in [3.8, 4) is 0 Å². The van der Waals surface area contributed by atoms with Crippen LogP contribution in [0.3, 0.4) is 0 Å². The Balaban J connectivity index is 1.57. The fraction of sp³-hybridized carbons (Fsp3) is 0.913. The van der Waals surface area contributed by atoms with E-state index in [1.54, 1.807) is 0 Å². The summed E-state index contributed by atoms with van der Waals surface area (Å²) >= 11 is 0. The van der Waals surface area contributed by atoms with Crippen molar-refractivity contribution in [3.05, 3.63) is 0 Å². The largest absolute Gasteiger partial charge is 0.458 e. The molecule has 0 aliphatic heterocycles. The van der Waals surface area contributed by atoms with Crippen molar-refractivity contribution in [2.75, 3.05) is 6.61 Å². The zero-order chi connectivity index (χ0) is 20.3. The second-order valence-corrected chi connectivity index (χ2v) is 10.6. The van der Waals surface area contributed by atoms with Crippen LogP contribution in [0.4, 0.5) is 4.39 Å². The molecule has 28 heavy (non-hydrogen) atoms. The molecule has 4 rings (SSSR count). The molecule has 158 valence electrons. The summed E-state index contributed by atoms with van der Waals surface area (Å²) in [5.41, 5.74) is -1.72. The van der Waals surface area contributed by atoms with Crippen molar-refractivity contribution in [2.45, 2.75) is 90.3 Å². The van der Waals surface area contributed by atoms with E-state index in [4.69, 9.17) is 4.74 Å². The van der Waals surface area contributed by atoms with E-state index in [2.05, 4.69) is 13.8 Å². The number of carbonyl (C=O) groups excluding carboxylic acids is 2. The molecule has 0 unspecified atom stereocenters. The number of halogens is 1. The van der Waals surface area contributed by atoms with Crippen molar-refractivity contribution >= 4 is 11.8 Å². The summed E-state index contributed by atoms with van der Waals surface area (Å²) in [7, 11) is 0. The first kappa shape index (κ1) is 20.3. The third kappa shape index (κ3) is 2.79. The van der Waals surface area contributed by atoms with E-state index in [1.807, 2.05) is 0 Å². The molecular weight excluding hydrogens is 359 g/mol. The number of carbonyl (C=O) groups is 2. The molecule has 0 spiro atoms. The first-order chi connectivity index (χ1) is 13.1. The summed E-state index contributed by atoms with van der Waals surface area (Å²) in [6.07, 6.45) is 6.72. The molecule has 4 aliphatic carbocycles. The SMILES string of the molecule is CC(=O)OCC(=O)[C@H]1CC[C@H]2[C@@H]3CC[C@@H]4C[C@@H](O)CC[C@]4(C)[C@@]3(F)CC[C@]12C. The number of Topliss-reactive ketones (excluding diaryl/α,β-unsaturated/α-hetero) is 1. The van der Waals surface area contributed by atoms with Gasteiger partial charge in [0.2, 0.25) is 0 Å². The number of aliphatic hydroxyl groups excluding tert-OH is 1. The third-order valence-corrected chi connectivity index (χ3v) is 9.55. The Kier molecular flexibility index (Phi) is 4.92. The number of hydrogen-bond acceptors (Lipinski definition) is 4. The molecule has 4 saturated carbocycles. The molecule has 0 amide bonds. The van der Waals surface area contributed by atoms with Gasteiger partial charge < -0.3 is 9.84 Å². The predicted octanol–water partition coefficient (Wildman–Crippen LogP) is 4.23. The Morgan fingerprint density at radius 1 is 1.04 bits per heavy atom. The van der Waals surface area contributed by atoms with Gasteiger partial charge in [-0.25, -0.2) is 4.39 Å². The summed E-state index contributed by atoms with van der Waals surface area (Å²) in [5.74, 6) is -0.0429. The zero-order valence-electron chi connectivity index (χ0n) is 17.5. The average molecular weight is 395 g/mol. The standard InChI is InChI=1S/C23H35FO4/c1-14(25)28-13-20(27)19-7-6-17-18-5-4-15-12-16(26)8-9-22(15,3)23(18,24)11-10-21(17,19)2/h15-19,26H,4-13H2,1-3H3/t15-,16+,17+,18+,19-,21+,22+,23-/m1/s1. The highest BCUT2D eigenvalue weighted by Crippen LogP contribution is 2.70. The number of fused-ring (bicyclic) bond motifs is 5. The summed E-state index contributed by atoms with van der Waals surface area (Å²) < 4.78 is 21.8. The smallest absolute Gasteiger partial charge is 0.303 e. The number of aliphatic hydroxyl groups is 1. The number of ether oxygens (including phenoxy) is 1. The van der Waals surface area contributed by atoms with Crippen LogP contribution in [0.15, 0.2) is 0 Å². The molecule has 0 radical (unpaired) electrons. The first-order valence-electron chi connectivity index (χ1n) is 11.1. The van der Waals surface area contributed by atoms with E-state index in [-0.39, 0.29) is 53.0 Å². The van der Waals surface area contributed by atoms with Gasteiger partial charge in [0.1, 0.15) is 12.3 Å². The first-order valence-corrected chi connectivity index (χ1v) is 11.1. The van der Waals surface area contributed by atoms with Gasteiger partial charge in [-0.05, 0) is 81.0 Å². The van der Waals surface area contributed by atoms with E-state index >= 15 is 4.39 Å². The van der Waals surface area contributed by atoms with Crippen LogP contribution in [0.2, 0.25) is 0 Å². The van der Waals surface area contributed by atoms with E-state index in [9.17, 15) is 14.7 Å². The van der Waals surface area contributed by atoms with Crippen LogP contribution in [0.25, 0.3) is 0 Å². The van der Waals surface area contributed by atoms with Gasteiger partial charge in [0, 0.05) is 18.3 Å². The molecule has 5 heteroatoms. The Morgan fingerprint density at radius 3 is 2.46 bits per heavy atom. The lowest BCUT2D eigenvalue weighted by Crippen LogP contribution is -2.63. The van der Waals surface area contributed by atoms with Gasteiger partial charge >= 0.3 is 5.97 Å². The molecular formula is C23H35FO4. The minimum absolute atomic E-state index is 0.00671. The quantitative estimate of drug-likeness (QED) is 0.728. The molecule has 8 atom stereocenters. The van der Waals surface area contributed by atoms with Crippen molar-refractivity contribution in [3.63, 3.8) is 0 Å². The van der Waals surface area contributed by atoms with Gasteiger partial charge in [-0.1, -0.05) is 13.8 Å². The fourth-order valence-corrected chi connectivity index (χ4v) is 7.92. The lowest BCUT2D eigenvalue weighted by molar-refractivity contribution is -0.202. The monoisotopic (exact) mass is 394 g/mol. The van der Waals surface area contributed by atoms with Gasteiger partial charge in [-0.2, -0.15) is 0 Å². The van der Waals surface area contributed by atoms with Crippen molar-refractivity contribution < 1.29 is 23.8 Å². The normalized spacial score (nSPS) is 50.2. The van der Waals surface area contributed by atoms with Crippen LogP contribution in [0.5, 0.6) is 0 Å². The van der Waals surface area contributed by atoms with E-state index < -0.39 is 11.6 Å². The fourth-order valence-electron chi connectivity index (χ4n) is 7.92. The van der Waals surface area contributed by atoms with Crippen LogP contribution < -0.4 is 0 Å². The van der Waals surface area contributed by atoms with Crippen molar-refractivity contribution in [2.24, 2.45) is 34.5 Å². The summed E-state index contributed by atoms with van der Waals surface area (Å²) in [4.78, 5) is 23.9. The Labute approximate surface area is 167 Å². The maximum absolute atomic E-state index is 16.8. The number of hydrogen-bond donors (Lipinski definition) is 1. The van der Waals surface area contributed by atoms with Gasteiger partial charge in [0.25, 0.3) is 0 Å². The van der Waals surface area contributed by atoms with Gasteiger partial charge in [0.05, 0.1) is 6.10 Å². The highest BCUT2D eigenvalue weighted by Gasteiger charge is 2.68. The number of rotatable bonds is 3. The second-order valence-electron chi connectivity index (χ2n) is 10.6. The van der Waals surface area contributed by atoms with Crippen LogP contribution >= 0.6 is 0 Å². The number of alkyl halides is 1.